The van der Waals surface area contributed by atoms with Crippen LogP contribution in [0.5, 0.6) is 0 Å². The van der Waals surface area contributed by atoms with Crippen LogP contribution in [0.4, 0.5) is 0 Å². The summed E-state index contributed by atoms with van der Waals surface area (Å²) in [7, 11) is 0. The van der Waals surface area contributed by atoms with E-state index in [1.54, 1.807) is 0 Å². The maximum atomic E-state index is 12.4. The van der Waals surface area contributed by atoms with E-state index in [2.05, 4.69) is 16.0 Å². The van der Waals surface area contributed by atoms with Gasteiger partial charge in [0, 0.05) is 24.9 Å². The van der Waals surface area contributed by atoms with E-state index >= 15 is 0 Å². The third-order valence-electron chi connectivity index (χ3n) is 4.21. The van der Waals surface area contributed by atoms with Gasteiger partial charge in [-0.1, -0.05) is 13.8 Å². The molecule has 0 radical (unpaired) electrons. The number of thioether (sulfide) groups is 1. The first-order valence-corrected chi connectivity index (χ1v) is 11.3. The third-order valence-corrected chi connectivity index (χ3v) is 5.37. The van der Waals surface area contributed by atoms with Gasteiger partial charge in [-0.2, -0.15) is 11.8 Å². The number of carbonyl (C=O) groups is 6. The largest absolute Gasteiger partial charge is 0.480 e. The zero-order valence-electron chi connectivity index (χ0n) is 18.7. The molecule has 4 atom stereocenters. The summed E-state index contributed by atoms with van der Waals surface area (Å²) < 4.78 is 0. The number of aliphatic carboxylic acids is 3. The molecule has 0 fully saturated rings. The van der Waals surface area contributed by atoms with Gasteiger partial charge in [0.25, 0.3) is 0 Å². The summed E-state index contributed by atoms with van der Waals surface area (Å²) in [6.07, 6.45) is -0.429. The monoisotopic (exact) mass is 492 g/mol. The Morgan fingerprint density at radius 3 is 1.85 bits per heavy atom. The van der Waals surface area contributed by atoms with Crippen LogP contribution in [0.25, 0.3) is 0 Å². The summed E-state index contributed by atoms with van der Waals surface area (Å²) in [5.74, 6) is -6.07. The Kier molecular flexibility index (Phi) is 13.7. The molecular formula is C19H32N4O9S. The molecular weight excluding hydrogens is 460 g/mol. The molecule has 0 bridgehead atoms. The molecule has 0 spiro atoms. The number of nitrogens with one attached hydrogen (secondary N) is 3. The SMILES string of the molecule is CC(=O)N[C@@H](CC(C)C)C(=O)N[C@H](CCC(=O)N[C@H](CSC[C@H](N)C(=O)O)C(=O)O)C(=O)O. The maximum absolute atomic E-state index is 12.4. The maximum Gasteiger partial charge on any atom is 0.327 e. The van der Waals surface area contributed by atoms with Gasteiger partial charge in [0.2, 0.25) is 17.7 Å². The standard InChI is InChI=1S/C19H32N4O9S/c1-9(2)6-13(21-10(3)24)16(26)23-12(18(29)30)4-5-15(25)22-14(19(31)32)8-33-7-11(20)17(27)28/h9,11-14H,4-8,20H2,1-3H3,(H,21,24)(H,22,25)(H,23,26)(H,27,28)(H,29,30)(H,31,32)/t11-,12+,13-,14+/m0/s1. The summed E-state index contributed by atoms with van der Waals surface area (Å²) in [6, 6.07) is -4.89. The topological polar surface area (TPSA) is 225 Å². The molecule has 0 unspecified atom stereocenters. The van der Waals surface area contributed by atoms with Crippen molar-refractivity contribution < 1.29 is 44.1 Å². The average Bonchev–Trinajstić information content (AvgIpc) is 2.68. The zero-order valence-corrected chi connectivity index (χ0v) is 19.5. The first-order chi connectivity index (χ1) is 15.2. The lowest BCUT2D eigenvalue weighted by Crippen LogP contribution is -2.52. The molecule has 13 nitrogen and oxygen atoms in total. The molecule has 0 aromatic heterocycles. The van der Waals surface area contributed by atoms with Crippen molar-refractivity contribution in [3.05, 3.63) is 0 Å². The zero-order chi connectivity index (χ0) is 25.7. The predicted molar refractivity (Wildman–Crippen MR) is 118 cm³/mol. The lowest BCUT2D eigenvalue weighted by molar-refractivity contribution is -0.143. The number of nitrogens with two attached hydrogens (primary N) is 1. The van der Waals surface area contributed by atoms with E-state index in [1.807, 2.05) is 13.8 Å². The summed E-state index contributed by atoms with van der Waals surface area (Å²) in [5.41, 5.74) is 5.33. The normalized spacial score (nSPS) is 14.5. The Labute approximate surface area is 195 Å². The molecule has 0 saturated heterocycles. The Morgan fingerprint density at radius 2 is 1.39 bits per heavy atom. The van der Waals surface area contributed by atoms with Crippen LogP contribution in [0, 0.1) is 5.92 Å². The summed E-state index contributed by atoms with van der Waals surface area (Å²) in [5, 5.41) is 34.3. The van der Waals surface area contributed by atoms with Crippen LogP contribution in [-0.2, 0) is 28.8 Å². The van der Waals surface area contributed by atoms with Crippen LogP contribution in [0.2, 0.25) is 0 Å². The van der Waals surface area contributed by atoms with Crippen molar-refractivity contribution in [2.75, 3.05) is 11.5 Å². The summed E-state index contributed by atoms with van der Waals surface area (Å²) in [4.78, 5) is 69.4. The van der Waals surface area contributed by atoms with Gasteiger partial charge in [-0.05, 0) is 18.8 Å². The second kappa shape index (κ2) is 15.1. The van der Waals surface area contributed by atoms with E-state index in [1.165, 1.54) is 6.92 Å². The Bertz CT molecular complexity index is 732. The lowest BCUT2D eigenvalue weighted by atomic mass is 10.0. The van der Waals surface area contributed by atoms with Crippen LogP contribution in [0.15, 0.2) is 0 Å². The van der Waals surface area contributed by atoms with E-state index in [-0.39, 0.29) is 30.3 Å². The average molecular weight is 493 g/mol. The van der Waals surface area contributed by atoms with Gasteiger partial charge in [-0.25, -0.2) is 9.59 Å². The number of amides is 3. The van der Waals surface area contributed by atoms with Crippen molar-refractivity contribution in [3.63, 3.8) is 0 Å². The molecule has 0 heterocycles. The van der Waals surface area contributed by atoms with Crippen molar-refractivity contribution in [2.45, 2.75) is 64.2 Å². The number of carboxylic acid groups (broad SMARTS) is 3. The van der Waals surface area contributed by atoms with Gasteiger partial charge in [-0.3, -0.25) is 19.2 Å². The Balaban J connectivity index is 4.88. The first kappa shape index (κ1) is 30.1. The van der Waals surface area contributed by atoms with E-state index in [0.29, 0.717) is 0 Å². The minimum atomic E-state index is -1.43. The minimum absolute atomic E-state index is 0.0394. The molecule has 0 aromatic rings. The number of carboxylic acids is 3. The van der Waals surface area contributed by atoms with Crippen molar-refractivity contribution in [1.82, 2.24) is 16.0 Å². The van der Waals surface area contributed by atoms with Crippen molar-refractivity contribution in [1.29, 1.82) is 0 Å². The highest BCUT2D eigenvalue weighted by Gasteiger charge is 2.28. The number of hydrogen-bond donors (Lipinski definition) is 7. The fourth-order valence-electron chi connectivity index (χ4n) is 2.58. The van der Waals surface area contributed by atoms with Crippen molar-refractivity contribution in [3.8, 4) is 0 Å². The highest BCUT2D eigenvalue weighted by Crippen LogP contribution is 2.08. The summed E-state index contributed by atoms with van der Waals surface area (Å²) >= 11 is 0.932. The van der Waals surface area contributed by atoms with Crippen LogP contribution in [0.1, 0.15) is 40.0 Å². The minimum Gasteiger partial charge on any atom is -0.480 e. The molecule has 0 aliphatic heterocycles. The summed E-state index contributed by atoms with van der Waals surface area (Å²) in [6.45, 7) is 4.88. The van der Waals surface area contributed by atoms with Crippen molar-refractivity contribution >= 4 is 47.4 Å². The van der Waals surface area contributed by atoms with Crippen molar-refractivity contribution in [2.24, 2.45) is 11.7 Å². The highest BCUT2D eigenvalue weighted by atomic mass is 32.2. The number of carbonyl (C=O) groups excluding carboxylic acids is 3. The molecule has 33 heavy (non-hydrogen) atoms. The van der Waals surface area contributed by atoms with E-state index in [4.69, 9.17) is 10.8 Å². The molecule has 0 saturated carbocycles. The van der Waals surface area contributed by atoms with E-state index in [0.717, 1.165) is 11.8 Å². The highest BCUT2D eigenvalue weighted by molar-refractivity contribution is 7.99. The predicted octanol–water partition coefficient (Wildman–Crippen LogP) is -1.40. The van der Waals surface area contributed by atoms with Gasteiger partial charge >= 0.3 is 17.9 Å². The fraction of sp³-hybridized carbons (Fsp3) is 0.684. The van der Waals surface area contributed by atoms with Gasteiger partial charge in [0.15, 0.2) is 0 Å². The lowest BCUT2D eigenvalue weighted by Gasteiger charge is -2.22. The number of rotatable bonds is 16. The van der Waals surface area contributed by atoms with Gasteiger partial charge in [-0.15, -0.1) is 0 Å². The molecule has 0 aromatic carbocycles. The van der Waals surface area contributed by atoms with E-state index < -0.39 is 66.2 Å². The van der Waals surface area contributed by atoms with Crippen LogP contribution in [-0.4, -0.2) is 86.6 Å². The molecule has 0 aliphatic rings. The first-order valence-electron chi connectivity index (χ1n) is 10.1. The van der Waals surface area contributed by atoms with Gasteiger partial charge < -0.3 is 37.0 Å². The van der Waals surface area contributed by atoms with Crippen LogP contribution < -0.4 is 21.7 Å². The molecule has 0 aliphatic carbocycles. The Morgan fingerprint density at radius 1 is 0.818 bits per heavy atom. The van der Waals surface area contributed by atoms with Crippen LogP contribution >= 0.6 is 11.8 Å². The molecule has 188 valence electrons. The fourth-order valence-corrected chi connectivity index (χ4v) is 3.57. The van der Waals surface area contributed by atoms with E-state index in [9.17, 15) is 39.0 Å². The Hall–Kier alpha value is -2.87. The van der Waals surface area contributed by atoms with Crippen LogP contribution in [0.3, 0.4) is 0 Å². The molecule has 8 N–H and O–H groups in total. The van der Waals surface area contributed by atoms with Gasteiger partial charge in [0.05, 0.1) is 0 Å². The smallest absolute Gasteiger partial charge is 0.327 e. The quantitative estimate of drug-likeness (QED) is 0.133. The third kappa shape index (κ3) is 13.3. The second-order valence-corrected chi connectivity index (χ2v) is 8.84. The molecule has 14 heteroatoms. The molecule has 0 rings (SSSR count). The van der Waals surface area contributed by atoms with Gasteiger partial charge in [0.1, 0.15) is 24.2 Å². The second-order valence-electron chi connectivity index (χ2n) is 7.76. The number of hydrogen-bond acceptors (Lipinski definition) is 8. The molecule has 3 amide bonds.